The molecule has 0 spiro atoms. The van der Waals surface area contributed by atoms with Crippen molar-refractivity contribution in [2.45, 2.75) is 31.9 Å². The smallest absolute Gasteiger partial charge is 0.0914 e. The van der Waals surface area contributed by atoms with Crippen molar-refractivity contribution in [1.82, 2.24) is 5.32 Å². The van der Waals surface area contributed by atoms with Crippen molar-refractivity contribution in [1.29, 1.82) is 0 Å². The lowest BCUT2D eigenvalue weighted by Gasteiger charge is -2.17. The molecule has 0 amide bonds. The van der Waals surface area contributed by atoms with Crippen molar-refractivity contribution in [2.24, 2.45) is 0 Å². The molecule has 0 radical (unpaired) electrons. The maximum atomic E-state index is 10.1. The van der Waals surface area contributed by atoms with Crippen LogP contribution in [0.4, 0.5) is 0 Å². The summed E-state index contributed by atoms with van der Waals surface area (Å²) in [4.78, 5) is 0. The molecule has 0 heterocycles. The number of nitrogens with one attached hydrogen (secondary N) is 1. The minimum Gasteiger partial charge on any atom is -0.387 e. The van der Waals surface area contributed by atoms with Crippen molar-refractivity contribution in [2.75, 3.05) is 6.54 Å². The summed E-state index contributed by atoms with van der Waals surface area (Å²) in [6, 6.07) is 20.7. The summed E-state index contributed by atoms with van der Waals surface area (Å²) >= 11 is 0. The van der Waals surface area contributed by atoms with Gasteiger partial charge in [0.2, 0.25) is 0 Å². The average molecular weight is 269 g/mol. The predicted octanol–water partition coefficient (Wildman–Crippen LogP) is 3.33. The number of aliphatic hydroxyl groups is 1. The van der Waals surface area contributed by atoms with E-state index in [4.69, 9.17) is 0 Å². The molecule has 2 nitrogen and oxygen atoms in total. The van der Waals surface area contributed by atoms with Crippen LogP contribution < -0.4 is 5.32 Å². The van der Waals surface area contributed by atoms with Gasteiger partial charge in [-0.15, -0.1) is 0 Å². The molecule has 0 fully saturated rings. The Morgan fingerprint density at radius 3 is 2.20 bits per heavy atom. The minimum atomic E-state index is -0.435. The van der Waals surface area contributed by atoms with E-state index in [1.54, 1.807) is 0 Å². The Labute approximate surface area is 121 Å². The van der Waals surface area contributed by atoms with Gasteiger partial charge in [-0.05, 0) is 30.9 Å². The molecule has 0 unspecified atom stereocenters. The minimum absolute atomic E-state index is 0.397. The van der Waals surface area contributed by atoms with E-state index < -0.39 is 6.10 Å². The summed E-state index contributed by atoms with van der Waals surface area (Å²) in [6.45, 7) is 2.76. The second kappa shape index (κ2) is 7.83. The zero-order valence-corrected chi connectivity index (χ0v) is 12.0. The molecule has 0 aromatic heterocycles. The first-order valence-corrected chi connectivity index (χ1v) is 7.26. The van der Waals surface area contributed by atoms with E-state index in [0.29, 0.717) is 12.6 Å². The van der Waals surface area contributed by atoms with Crippen molar-refractivity contribution >= 4 is 0 Å². The Kier molecular flexibility index (Phi) is 5.78. The van der Waals surface area contributed by atoms with Crippen LogP contribution in [-0.2, 0) is 6.42 Å². The molecule has 2 aromatic carbocycles. The predicted molar refractivity (Wildman–Crippen MR) is 83.6 cm³/mol. The van der Waals surface area contributed by atoms with Gasteiger partial charge in [0.1, 0.15) is 0 Å². The molecule has 0 aliphatic rings. The average Bonchev–Trinajstić information content (AvgIpc) is 2.52. The summed E-state index contributed by atoms with van der Waals surface area (Å²) in [5.74, 6) is 0. The van der Waals surface area contributed by atoms with Gasteiger partial charge in [-0.3, -0.25) is 0 Å². The highest BCUT2D eigenvalue weighted by atomic mass is 16.3. The van der Waals surface area contributed by atoms with Crippen LogP contribution in [0.3, 0.4) is 0 Å². The van der Waals surface area contributed by atoms with Crippen LogP contribution in [0.1, 0.15) is 30.6 Å². The Hall–Kier alpha value is -1.64. The fourth-order valence-electron chi connectivity index (χ4n) is 2.24. The lowest BCUT2D eigenvalue weighted by Crippen LogP contribution is -2.30. The van der Waals surface area contributed by atoms with Crippen molar-refractivity contribution < 1.29 is 5.11 Å². The highest BCUT2D eigenvalue weighted by Gasteiger charge is 2.08. The first kappa shape index (κ1) is 14.8. The van der Waals surface area contributed by atoms with Gasteiger partial charge >= 0.3 is 0 Å². The van der Waals surface area contributed by atoms with E-state index in [0.717, 1.165) is 18.4 Å². The quantitative estimate of drug-likeness (QED) is 0.808. The fraction of sp³-hybridized carbons (Fsp3) is 0.333. The molecular formula is C18H23NO. The fourth-order valence-corrected chi connectivity index (χ4v) is 2.24. The molecule has 20 heavy (non-hydrogen) atoms. The van der Waals surface area contributed by atoms with E-state index in [1.165, 1.54) is 5.56 Å². The van der Waals surface area contributed by atoms with Gasteiger partial charge in [0, 0.05) is 12.6 Å². The van der Waals surface area contributed by atoms with Gasteiger partial charge < -0.3 is 10.4 Å². The Morgan fingerprint density at radius 2 is 1.55 bits per heavy atom. The van der Waals surface area contributed by atoms with E-state index in [-0.39, 0.29) is 0 Å². The molecule has 2 rings (SSSR count). The van der Waals surface area contributed by atoms with E-state index >= 15 is 0 Å². The normalized spacial score (nSPS) is 13.9. The summed E-state index contributed by atoms with van der Waals surface area (Å²) < 4.78 is 0. The topological polar surface area (TPSA) is 32.3 Å². The summed E-state index contributed by atoms with van der Waals surface area (Å²) in [7, 11) is 0. The SMILES string of the molecule is C[C@@H](CCc1ccccc1)NC[C@@H](O)c1ccccc1. The van der Waals surface area contributed by atoms with Gasteiger partial charge in [0.15, 0.2) is 0 Å². The molecule has 0 aliphatic heterocycles. The first-order chi connectivity index (χ1) is 9.75. The number of rotatable bonds is 7. The summed E-state index contributed by atoms with van der Waals surface area (Å²) in [5, 5.41) is 13.5. The standard InChI is InChI=1S/C18H23NO/c1-15(12-13-16-8-4-2-5-9-16)19-14-18(20)17-10-6-3-7-11-17/h2-11,15,18-20H,12-14H2,1H3/t15-,18+/m0/s1. The largest absolute Gasteiger partial charge is 0.387 e. The number of hydrogen-bond donors (Lipinski definition) is 2. The Morgan fingerprint density at radius 1 is 0.950 bits per heavy atom. The third kappa shape index (κ3) is 4.80. The maximum absolute atomic E-state index is 10.1. The van der Waals surface area contributed by atoms with E-state index in [2.05, 4.69) is 36.5 Å². The highest BCUT2D eigenvalue weighted by molar-refractivity contribution is 5.17. The molecule has 2 N–H and O–H groups in total. The maximum Gasteiger partial charge on any atom is 0.0914 e. The molecule has 2 atom stereocenters. The van der Waals surface area contributed by atoms with Crippen LogP contribution in [0.25, 0.3) is 0 Å². The third-order valence-corrected chi connectivity index (χ3v) is 3.55. The second-order valence-electron chi connectivity index (χ2n) is 5.26. The van der Waals surface area contributed by atoms with Crippen LogP contribution in [0.5, 0.6) is 0 Å². The second-order valence-corrected chi connectivity index (χ2v) is 5.26. The number of benzene rings is 2. The van der Waals surface area contributed by atoms with Gasteiger partial charge in [-0.2, -0.15) is 0 Å². The van der Waals surface area contributed by atoms with Gasteiger partial charge in [-0.25, -0.2) is 0 Å². The number of hydrogen-bond acceptors (Lipinski definition) is 2. The molecule has 0 bridgehead atoms. The van der Waals surface area contributed by atoms with Crippen LogP contribution in [0, 0.1) is 0 Å². The zero-order chi connectivity index (χ0) is 14.2. The molecule has 0 saturated carbocycles. The molecule has 2 heteroatoms. The number of aliphatic hydroxyl groups excluding tert-OH is 1. The summed E-state index contributed by atoms with van der Waals surface area (Å²) in [6.07, 6.45) is 1.71. The third-order valence-electron chi connectivity index (χ3n) is 3.55. The van der Waals surface area contributed by atoms with Crippen molar-refractivity contribution in [3.63, 3.8) is 0 Å². The van der Waals surface area contributed by atoms with Gasteiger partial charge in [-0.1, -0.05) is 60.7 Å². The highest BCUT2D eigenvalue weighted by Crippen LogP contribution is 2.11. The molecule has 0 aliphatic carbocycles. The van der Waals surface area contributed by atoms with E-state index in [1.807, 2.05) is 36.4 Å². The van der Waals surface area contributed by atoms with E-state index in [9.17, 15) is 5.11 Å². The summed E-state index contributed by atoms with van der Waals surface area (Å²) in [5.41, 5.74) is 2.33. The Balaban J connectivity index is 1.71. The van der Waals surface area contributed by atoms with Crippen LogP contribution in [-0.4, -0.2) is 17.7 Å². The van der Waals surface area contributed by atoms with Crippen LogP contribution in [0.15, 0.2) is 60.7 Å². The van der Waals surface area contributed by atoms with Crippen LogP contribution >= 0.6 is 0 Å². The molecule has 2 aromatic rings. The van der Waals surface area contributed by atoms with Gasteiger partial charge in [0.25, 0.3) is 0 Å². The first-order valence-electron chi connectivity index (χ1n) is 7.26. The van der Waals surface area contributed by atoms with Gasteiger partial charge in [0.05, 0.1) is 6.10 Å². The molecule has 106 valence electrons. The Bertz CT molecular complexity index is 483. The number of aryl methyl sites for hydroxylation is 1. The molecule has 0 saturated heterocycles. The van der Waals surface area contributed by atoms with Crippen molar-refractivity contribution in [3.8, 4) is 0 Å². The van der Waals surface area contributed by atoms with Crippen LogP contribution in [0.2, 0.25) is 0 Å². The molecular weight excluding hydrogens is 246 g/mol. The lowest BCUT2D eigenvalue weighted by atomic mass is 10.1. The van der Waals surface area contributed by atoms with Crippen molar-refractivity contribution in [3.05, 3.63) is 71.8 Å². The lowest BCUT2D eigenvalue weighted by molar-refractivity contribution is 0.170. The zero-order valence-electron chi connectivity index (χ0n) is 12.0. The monoisotopic (exact) mass is 269 g/mol.